The van der Waals surface area contributed by atoms with Crippen molar-refractivity contribution >= 4 is 11.6 Å². The minimum Gasteiger partial charge on any atom is -0.507 e. The van der Waals surface area contributed by atoms with E-state index in [-0.39, 0.29) is 12.5 Å². The monoisotopic (exact) mass is 228 g/mol. The molecule has 0 aliphatic heterocycles. The molecule has 1 rings (SSSR count). The van der Waals surface area contributed by atoms with Crippen LogP contribution in [0.15, 0.2) is 12.1 Å². The highest BCUT2D eigenvalue weighted by Gasteiger charge is 2.11. The maximum atomic E-state index is 9.97. The average Bonchev–Trinajstić information content (AvgIpc) is 2.18. The molecule has 0 amide bonds. The third-order valence-electron chi connectivity index (χ3n) is 2.41. The van der Waals surface area contributed by atoms with Crippen LogP contribution in [0.5, 0.6) is 5.75 Å². The van der Waals surface area contributed by atoms with Crippen molar-refractivity contribution in [3.8, 4) is 5.75 Å². The van der Waals surface area contributed by atoms with Crippen molar-refractivity contribution in [2.45, 2.75) is 32.6 Å². The van der Waals surface area contributed by atoms with Gasteiger partial charge in [-0.05, 0) is 42.0 Å². The molecule has 2 N–H and O–H groups in total. The molecular weight excluding hydrogens is 212 g/mol. The molecule has 84 valence electrons. The minimum absolute atomic E-state index is 0.128. The summed E-state index contributed by atoms with van der Waals surface area (Å²) in [6, 6.07) is 3.56. The Bertz CT molecular complexity index is 335. The lowest BCUT2D eigenvalue weighted by molar-refractivity contribution is 0.288. The van der Waals surface area contributed by atoms with Crippen LogP contribution in [0.2, 0.25) is 5.02 Å². The number of phenolic OH excluding ortho intramolecular Hbond substituents is 1. The highest BCUT2D eigenvalue weighted by Crippen LogP contribution is 2.32. The lowest BCUT2D eigenvalue weighted by Crippen LogP contribution is -1.95. The summed E-state index contributed by atoms with van der Waals surface area (Å²) in [5.74, 6) is 0.569. The summed E-state index contributed by atoms with van der Waals surface area (Å²) in [6.07, 6.45) is 1.30. The Morgan fingerprint density at radius 1 is 1.33 bits per heavy atom. The summed E-state index contributed by atoms with van der Waals surface area (Å²) in [5.41, 5.74) is 1.69. The molecule has 0 saturated heterocycles. The second kappa shape index (κ2) is 5.38. The molecule has 0 aliphatic rings. The second-order valence-electron chi connectivity index (χ2n) is 3.98. The quantitative estimate of drug-likeness (QED) is 0.832. The molecule has 0 heterocycles. The van der Waals surface area contributed by atoms with Gasteiger partial charge in [0.2, 0.25) is 0 Å². The van der Waals surface area contributed by atoms with Crippen LogP contribution >= 0.6 is 11.6 Å². The van der Waals surface area contributed by atoms with Crippen LogP contribution in [0.1, 0.15) is 37.3 Å². The molecule has 1 aromatic carbocycles. The molecule has 15 heavy (non-hydrogen) atoms. The zero-order chi connectivity index (χ0) is 11.4. The van der Waals surface area contributed by atoms with Gasteiger partial charge in [-0.2, -0.15) is 0 Å². The third kappa shape index (κ3) is 3.11. The molecule has 3 heteroatoms. The van der Waals surface area contributed by atoms with Gasteiger partial charge in [-0.25, -0.2) is 0 Å². The minimum atomic E-state index is 0.128. The van der Waals surface area contributed by atoms with Crippen LogP contribution in [0.3, 0.4) is 0 Å². The fourth-order valence-corrected chi connectivity index (χ4v) is 1.83. The number of aliphatic hydroxyl groups excluding tert-OH is 1. The summed E-state index contributed by atoms with van der Waals surface area (Å²) in [4.78, 5) is 0. The van der Waals surface area contributed by atoms with Gasteiger partial charge in [0.05, 0.1) is 0 Å². The first-order valence-electron chi connectivity index (χ1n) is 5.18. The van der Waals surface area contributed by atoms with Gasteiger partial charge in [0, 0.05) is 11.6 Å². The topological polar surface area (TPSA) is 40.5 Å². The molecule has 0 saturated carbocycles. The number of benzene rings is 1. The first-order valence-corrected chi connectivity index (χ1v) is 5.56. The van der Waals surface area contributed by atoms with Gasteiger partial charge in [-0.1, -0.05) is 25.4 Å². The van der Waals surface area contributed by atoms with Gasteiger partial charge >= 0.3 is 0 Å². The van der Waals surface area contributed by atoms with Gasteiger partial charge < -0.3 is 10.2 Å². The maximum absolute atomic E-state index is 9.97. The number of aromatic hydroxyl groups is 1. The number of hydrogen-bond donors (Lipinski definition) is 2. The first-order chi connectivity index (χ1) is 7.06. The molecule has 0 unspecified atom stereocenters. The standard InChI is InChI=1S/C12H17ClO2/c1-8(2)11-7-10(13)6-9(12(11)15)4-3-5-14/h6-8,14-15H,3-5H2,1-2H3. The SMILES string of the molecule is CC(C)c1cc(Cl)cc(CCCO)c1O. The van der Waals surface area contributed by atoms with Gasteiger partial charge in [0.15, 0.2) is 0 Å². The van der Waals surface area contributed by atoms with Gasteiger partial charge in [-0.15, -0.1) is 0 Å². The summed E-state index contributed by atoms with van der Waals surface area (Å²) < 4.78 is 0. The van der Waals surface area contributed by atoms with Crippen molar-refractivity contribution in [2.75, 3.05) is 6.61 Å². The molecule has 2 nitrogen and oxygen atoms in total. The molecule has 0 spiro atoms. The molecule has 0 bridgehead atoms. The zero-order valence-corrected chi connectivity index (χ0v) is 9.88. The number of rotatable bonds is 4. The van der Waals surface area contributed by atoms with E-state index in [1.807, 2.05) is 13.8 Å². The number of hydrogen-bond acceptors (Lipinski definition) is 2. The van der Waals surface area contributed by atoms with Gasteiger partial charge in [0.1, 0.15) is 5.75 Å². The van der Waals surface area contributed by atoms with Crippen molar-refractivity contribution in [2.24, 2.45) is 0 Å². The van der Waals surface area contributed by atoms with Crippen LogP contribution in [0.25, 0.3) is 0 Å². The smallest absolute Gasteiger partial charge is 0.122 e. The van der Waals surface area contributed by atoms with Crippen LogP contribution < -0.4 is 0 Å². The van der Waals surface area contributed by atoms with Crippen molar-refractivity contribution in [1.29, 1.82) is 0 Å². The Morgan fingerprint density at radius 3 is 2.53 bits per heavy atom. The van der Waals surface area contributed by atoms with E-state index < -0.39 is 0 Å². The van der Waals surface area contributed by atoms with Crippen LogP contribution in [-0.4, -0.2) is 16.8 Å². The molecule has 0 radical (unpaired) electrons. The Balaban J connectivity index is 3.05. The third-order valence-corrected chi connectivity index (χ3v) is 2.63. The van der Waals surface area contributed by atoms with E-state index in [0.29, 0.717) is 23.6 Å². The maximum Gasteiger partial charge on any atom is 0.122 e. The van der Waals surface area contributed by atoms with Crippen molar-refractivity contribution in [3.63, 3.8) is 0 Å². The van der Waals surface area contributed by atoms with E-state index in [4.69, 9.17) is 16.7 Å². The van der Waals surface area contributed by atoms with Crippen molar-refractivity contribution in [3.05, 3.63) is 28.3 Å². The highest BCUT2D eigenvalue weighted by molar-refractivity contribution is 6.30. The molecule has 0 aromatic heterocycles. The lowest BCUT2D eigenvalue weighted by atomic mass is 9.97. The van der Waals surface area contributed by atoms with E-state index >= 15 is 0 Å². The summed E-state index contributed by atoms with van der Waals surface area (Å²) in [5, 5.41) is 19.4. The molecule has 0 aliphatic carbocycles. The largest absolute Gasteiger partial charge is 0.507 e. The normalized spacial score (nSPS) is 11.0. The number of aryl methyl sites for hydroxylation is 1. The van der Waals surface area contributed by atoms with E-state index in [1.165, 1.54) is 0 Å². The van der Waals surface area contributed by atoms with Crippen LogP contribution in [0, 0.1) is 0 Å². The van der Waals surface area contributed by atoms with Gasteiger partial charge in [0.25, 0.3) is 0 Å². The summed E-state index contributed by atoms with van der Waals surface area (Å²) >= 11 is 5.97. The van der Waals surface area contributed by atoms with E-state index in [1.54, 1.807) is 12.1 Å². The van der Waals surface area contributed by atoms with Crippen LogP contribution in [0.4, 0.5) is 0 Å². The highest BCUT2D eigenvalue weighted by atomic mass is 35.5. The van der Waals surface area contributed by atoms with Crippen molar-refractivity contribution < 1.29 is 10.2 Å². The number of halogens is 1. The van der Waals surface area contributed by atoms with Crippen LogP contribution in [-0.2, 0) is 6.42 Å². The Morgan fingerprint density at radius 2 is 2.00 bits per heavy atom. The molecule has 1 aromatic rings. The van der Waals surface area contributed by atoms with Gasteiger partial charge in [-0.3, -0.25) is 0 Å². The second-order valence-corrected chi connectivity index (χ2v) is 4.42. The Labute approximate surface area is 95.5 Å². The molecule has 0 atom stereocenters. The average molecular weight is 229 g/mol. The fraction of sp³-hybridized carbons (Fsp3) is 0.500. The number of aliphatic hydroxyl groups is 1. The lowest BCUT2D eigenvalue weighted by Gasteiger charge is -2.13. The van der Waals surface area contributed by atoms with Crippen molar-refractivity contribution in [1.82, 2.24) is 0 Å². The summed E-state index contributed by atoms with van der Waals surface area (Å²) in [7, 11) is 0. The van der Waals surface area contributed by atoms with E-state index in [2.05, 4.69) is 0 Å². The predicted molar refractivity (Wildman–Crippen MR) is 62.6 cm³/mol. The first kappa shape index (κ1) is 12.3. The molecule has 0 fully saturated rings. The number of phenols is 1. The molecular formula is C12H17ClO2. The predicted octanol–water partition coefficient (Wildman–Crippen LogP) is 3.09. The fourth-order valence-electron chi connectivity index (χ4n) is 1.58. The van der Waals surface area contributed by atoms with E-state index in [9.17, 15) is 5.11 Å². The van der Waals surface area contributed by atoms with E-state index in [0.717, 1.165) is 11.1 Å². The zero-order valence-electron chi connectivity index (χ0n) is 9.13. The Hall–Kier alpha value is -0.730. The Kier molecular flexibility index (Phi) is 4.43. The summed E-state index contributed by atoms with van der Waals surface area (Å²) in [6.45, 7) is 4.16.